The lowest BCUT2D eigenvalue weighted by molar-refractivity contribution is 0.357. The third-order valence-corrected chi connectivity index (χ3v) is 2.42. The monoisotopic (exact) mass is 198 g/mol. The van der Waals surface area contributed by atoms with Gasteiger partial charge in [0.25, 0.3) is 0 Å². The smallest absolute Gasteiger partial charge is 0.178 e. The van der Waals surface area contributed by atoms with Crippen molar-refractivity contribution in [2.24, 2.45) is 0 Å². The first-order chi connectivity index (χ1) is 7.45. The Balaban J connectivity index is 2.05. The lowest BCUT2D eigenvalue weighted by Crippen LogP contribution is -2.15. The second kappa shape index (κ2) is 3.28. The Hall–Kier alpha value is -2.03. The zero-order valence-corrected chi connectivity index (χ0v) is 8.13. The predicted molar refractivity (Wildman–Crippen MR) is 58.3 cm³/mol. The SMILES string of the molecule is c1ccc(N2COc3cccnc32)cc1. The summed E-state index contributed by atoms with van der Waals surface area (Å²) in [6, 6.07) is 13.9. The van der Waals surface area contributed by atoms with Crippen molar-refractivity contribution in [2.75, 3.05) is 11.6 Å². The number of anilines is 2. The molecule has 1 aliphatic rings. The van der Waals surface area contributed by atoms with Gasteiger partial charge in [0.2, 0.25) is 0 Å². The van der Waals surface area contributed by atoms with E-state index in [-0.39, 0.29) is 0 Å². The van der Waals surface area contributed by atoms with Crippen LogP contribution in [0.5, 0.6) is 5.75 Å². The number of ether oxygens (including phenoxy) is 1. The summed E-state index contributed by atoms with van der Waals surface area (Å²) in [6.07, 6.45) is 1.78. The number of para-hydroxylation sites is 1. The molecule has 0 atom stereocenters. The Labute approximate surface area is 87.9 Å². The number of benzene rings is 1. The Morgan fingerprint density at radius 1 is 1.07 bits per heavy atom. The molecule has 0 spiro atoms. The Morgan fingerprint density at radius 2 is 1.93 bits per heavy atom. The van der Waals surface area contributed by atoms with Gasteiger partial charge in [-0.2, -0.15) is 0 Å². The Morgan fingerprint density at radius 3 is 2.80 bits per heavy atom. The summed E-state index contributed by atoms with van der Waals surface area (Å²) in [5.74, 6) is 1.74. The minimum absolute atomic E-state index is 0.538. The highest BCUT2D eigenvalue weighted by Gasteiger charge is 2.22. The average molecular weight is 198 g/mol. The molecule has 3 rings (SSSR count). The van der Waals surface area contributed by atoms with Crippen LogP contribution in [0.3, 0.4) is 0 Å². The fourth-order valence-electron chi connectivity index (χ4n) is 1.70. The molecule has 3 nitrogen and oxygen atoms in total. The minimum atomic E-state index is 0.538. The summed E-state index contributed by atoms with van der Waals surface area (Å²) >= 11 is 0. The van der Waals surface area contributed by atoms with E-state index in [4.69, 9.17) is 4.74 Å². The van der Waals surface area contributed by atoms with Crippen molar-refractivity contribution in [1.29, 1.82) is 0 Å². The summed E-state index contributed by atoms with van der Waals surface area (Å²) < 4.78 is 5.53. The topological polar surface area (TPSA) is 25.4 Å². The van der Waals surface area contributed by atoms with Gasteiger partial charge in [0.15, 0.2) is 18.3 Å². The highest BCUT2D eigenvalue weighted by Crippen LogP contribution is 2.35. The summed E-state index contributed by atoms with van der Waals surface area (Å²) in [4.78, 5) is 6.37. The molecule has 15 heavy (non-hydrogen) atoms. The fraction of sp³-hybridized carbons (Fsp3) is 0.0833. The maximum absolute atomic E-state index is 5.53. The van der Waals surface area contributed by atoms with Crippen molar-refractivity contribution in [3.8, 4) is 5.75 Å². The molecular formula is C12H10N2O. The van der Waals surface area contributed by atoms with E-state index in [9.17, 15) is 0 Å². The molecule has 2 heterocycles. The van der Waals surface area contributed by atoms with Gasteiger partial charge in [-0.15, -0.1) is 0 Å². The number of nitrogens with zero attached hydrogens (tertiary/aromatic N) is 2. The van der Waals surface area contributed by atoms with Crippen molar-refractivity contribution in [3.05, 3.63) is 48.7 Å². The quantitative estimate of drug-likeness (QED) is 0.704. The molecule has 0 N–H and O–H groups in total. The molecule has 1 aliphatic heterocycles. The summed E-state index contributed by atoms with van der Waals surface area (Å²) in [7, 11) is 0. The van der Waals surface area contributed by atoms with E-state index in [2.05, 4.69) is 9.88 Å². The van der Waals surface area contributed by atoms with E-state index in [1.807, 2.05) is 42.5 Å². The van der Waals surface area contributed by atoms with Crippen LogP contribution in [0.4, 0.5) is 11.5 Å². The van der Waals surface area contributed by atoms with Crippen LogP contribution in [0.1, 0.15) is 0 Å². The summed E-state index contributed by atoms with van der Waals surface area (Å²) in [6.45, 7) is 0.538. The first-order valence-electron chi connectivity index (χ1n) is 4.85. The van der Waals surface area contributed by atoms with Gasteiger partial charge in [-0.25, -0.2) is 4.98 Å². The molecule has 1 aromatic carbocycles. The Kier molecular flexibility index (Phi) is 1.81. The van der Waals surface area contributed by atoms with Crippen LogP contribution in [0.15, 0.2) is 48.7 Å². The molecule has 0 fully saturated rings. The van der Waals surface area contributed by atoms with E-state index >= 15 is 0 Å². The molecule has 0 amide bonds. The molecule has 74 valence electrons. The van der Waals surface area contributed by atoms with Crippen LogP contribution >= 0.6 is 0 Å². The minimum Gasteiger partial charge on any atom is -0.469 e. The van der Waals surface area contributed by atoms with Crippen molar-refractivity contribution in [3.63, 3.8) is 0 Å². The normalized spacial score (nSPS) is 13.5. The van der Waals surface area contributed by atoms with Gasteiger partial charge in [0.1, 0.15) is 0 Å². The lowest BCUT2D eigenvalue weighted by Gasteiger charge is -2.14. The maximum Gasteiger partial charge on any atom is 0.178 e. The first kappa shape index (κ1) is 8.29. The zero-order valence-electron chi connectivity index (χ0n) is 8.13. The van der Waals surface area contributed by atoms with Crippen molar-refractivity contribution in [1.82, 2.24) is 4.98 Å². The van der Waals surface area contributed by atoms with Crippen molar-refractivity contribution < 1.29 is 4.74 Å². The lowest BCUT2D eigenvalue weighted by atomic mass is 10.3. The molecule has 2 aromatic rings. The van der Waals surface area contributed by atoms with Crippen LogP contribution in [-0.2, 0) is 0 Å². The van der Waals surface area contributed by atoms with Gasteiger partial charge in [-0.05, 0) is 24.3 Å². The summed E-state index contributed by atoms with van der Waals surface area (Å²) in [5.41, 5.74) is 1.11. The molecule has 0 saturated carbocycles. The van der Waals surface area contributed by atoms with E-state index in [0.29, 0.717) is 6.73 Å². The molecule has 0 bridgehead atoms. The average Bonchev–Trinajstić information content (AvgIpc) is 2.74. The second-order valence-electron chi connectivity index (χ2n) is 3.36. The Bertz CT molecular complexity index is 470. The molecule has 1 aromatic heterocycles. The van der Waals surface area contributed by atoms with E-state index < -0.39 is 0 Å². The molecule has 0 saturated heterocycles. The largest absolute Gasteiger partial charge is 0.469 e. The molecule has 3 heteroatoms. The van der Waals surface area contributed by atoms with Gasteiger partial charge >= 0.3 is 0 Å². The van der Waals surface area contributed by atoms with E-state index in [1.54, 1.807) is 6.20 Å². The standard InChI is InChI=1S/C12H10N2O/c1-2-5-10(6-3-1)14-9-15-11-7-4-8-13-12(11)14/h1-8H,9H2. The van der Waals surface area contributed by atoms with Gasteiger partial charge in [-0.3, -0.25) is 4.90 Å². The highest BCUT2D eigenvalue weighted by molar-refractivity contribution is 5.67. The van der Waals surface area contributed by atoms with E-state index in [1.165, 1.54) is 0 Å². The molecular weight excluding hydrogens is 188 g/mol. The van der Waals surface area contributed by atoms with Crippen molar-refractivity contribution in [2.45, 2.75) is 0 Å². The highest BCUT2D eigenvalue weighted by atomic mass is 16.5. The maximum atomic E-state index is 5.53. The van der Waals surface area contributed by atoms with Crippen LogP contribution in [0.2, 0.25) is 0 Å². The van der Waals surface area contributed by atoms with Gasteiger partial charge in [0.05, 0.1) is 0 Å². The number of fused-ring (bicyclic) bond motifs is 1. The van der Waals surface area contributed by atoms with Crippen LogP contribution < -0.4 is 9.64 Å². The second-order valence-corrected chi connectivity index (χ2v) is 3.36. The number of aromatic nitrogens is 1. The molecule has 0 aliphatic carbocycles. The van der Waals surface area contributed by atoms with Gasteiger partial charge < -0.3 is 4.74 Å². The number of rotatable bonds is 1. The van der Waals surface area contributed by atoms with Crippen molar-refractivity contribution >= 4 is 11.5 Å². The third kappa shape index (κ3) is 1.32. The molecule has 0 radical (unpaired) electrons. The van der Waals surface area contributed by atoms with Gasteiger partial charge in [-0.1, -0.05) is 18.2 Å². The van der Waals surface area contributed by atoms with Crippen LogP contribution in [0, 0.1) is 0 Å². The predicted octanol–water partition coefficient (Wildman–Crippen LogP) is 2.57. The summed E-state index contributed by atoms with van der Waals surface area (Å²) in [5, 5.41) is 0. The zero-order chi connectivity index (χ0) is 10.1. The van der Waals surface area contributed by atoms with E-state index in [0.717, 1.165) is 17.3 Å². The number of pyridine rings is 1. The fourth-order valence-corrected chi connectivity index (χ4v) is 1.70. The van der Waals surface area contributed by atoms with Gasteiger partial charge in [0, 0.05) is 11.9 Å². The third-order valence-electron chi connectivity index (χ3n) is 2.42. The van der Waals surface area contributed by atoms with Crippen LogP contribution in [0.25, 0.3) is 0 Å². The molecule has 0 unspecified atom stereocenters. The number of hydrogen-bond acceptors (Lipinski definition) is 3. The van der Waals surface area contributed by atoms with Crippen LogP contribution in [-0.4, -0.2) is 11.7 Å². The first-order valence-corrected chi connectivity index (χ1v) is 4.85. The number of hydrogen-bond donors (Lipinski definition) is 0.